The monoisotopic (exact) mass is 350 g/mol. The van der Waals surface area contributed by atoms with E-state index in [0.29, 0.717) is 15.8 Å². The van der Waals surface area contributed by atoms with Crippen molar-refractivity contribution in [3.8, 4) is 5.88 Å². The summed E-state index contributed by atoms with van der Waals surface area (Å²) in [6.45, 7) is 0. The number of urea groups is 1. The molecule has 0 aromatic carbocycles. The third-order valence-corrected chi connectivity index (χ3v) is 3.52. The van der Waals surface area contributed by atoms with Gasteiger partial charge in [0.15, 0.2) is 0 Å². The number of carbonyl (C=O) groups excluding carboxylic acids is 1. The van der Waals surface area contributed by atoms with Gasteiger partial charge in [-0.1, -0.05) is 16.1 Å². The Balaban J connectivity index is 2.91. The summed E-state index contributed by atoms with van der Waals surface area (Å²) in [7, 11) is -0.0132. The minimum absolute atomic E-state index is 0.132. The van der Waals surface area contributed by atoms with Crippen LogP contribution in [0.3, 0.4) is 0 Å². The quantitative estimate of drug-likeness (QED) is 0.800. The topological polar surface area (TPSA) is 120 Å². The molecule has 0 saturated heterocycles. The molecule has 21 heavy (non-hydrogen) atoms. The van der Waals surface area contributed by atoms with E-state index in [4.69, 9.17) is 21.7 Å². The van der Waals surface area contributed by atoms with Gasteiger partial charge in [0.2, 0.25) is 16.2 Å². The van der Waals surface area contributed by atoms with Crippen molar-refractivity contribution in [3.63, 3.8) is 0 Å². The molecular formula is C9H10N4O5S3. The van der Waals surface area contributed by atoms with Gasteiger partial charge in [0.25, 0.3) is 0 Å². The third-order valence-electron chi connectivity index (χ3n) is 1.85. The number of amides is 2. The Labute approximate surface area is 131 Å². The molecule has 1 aromatic heterocycles. The molecule has 1 rings (SSSR count). The molecule has 0 fully saturated rings. The van der Waals surface area contributed by atoms with E-state index in [1.165, 1.54) is 26.0 Å². The van der Waals surface area contributed by atoms with Crippen LogP contribution in [0.2, 0.25) is 0 Å². The van der Waals surface area contributed by atoms with Gasteiger partial charge >= 0.3 is 16.5 Å². The maximum atomic E-state index is 11.2. The fraction of sp³-hybridized carbons (Fsp3) is 0.333. The predicted molar refractivity (Wildman–Crippen MR) is 79.9 cm³/mol. The summed E-state index contributed by atoms with van der Waals surface area (Å²) in [6.07, 6.45) is 0. The fourth-order valence-corrected chi connectivity index (χ4v) is 1.97. The van der Waals surface area contributed by atoms with Crippen LogP contribution < -0.4 is 10.1 Å². The zero-order chi connectivity index (χ0) is 15.8. The van der Waals surface area contributed by atoms with Crippen molar-refractivity contribution in [1.29, 1.82) is 0 Å². The van der Waals surface area contributed by atoms with E-state index in [1.54, 1.807) is 6.07 Å². The number of nitrogens with one attached hydrogen (secondary N) is 1. The van der Waals surface area contributed by atoms with E-state index in [2.05, 4.69) is 19.6 Å². The van der Waals surface area contributed by atoms with E-state index >= 15 is 0 Å². The summed E-state index contributed by atoms with van der Waals surface area (Å²) in [4.78, 5) is 19.1. The molecule has 2 amide bonds. The molecule has 114 valence electrons. The fourth-order valence-electron chi connectivity index (χ4n) is 1.08. The van der Waals surface area contributed by atoms with E-state index < -0.39 is 16.5 Å². The molecule has 0 aliphatic carbocycles. The van der Waals surface area contributed by atoms with Crippen molar-refractivity contribution in [2.75, 3.05) is 19.5 Å². The highest BCUT2D eigenvalue weighted by Gasteiger charge is 2.09. The Morgan fingerprint density at radius 3 is 2.76 bits per heavy atom. The number of hydrogen-bond acceptors (Lipinski definition) is 9. The van der Waals surface area contributed by atoms with Crippen LogP contribution in [-0.2, 0) is 21.0 Å². The number of thiocarbonyl (C=S) groups is 1. The summed E-state index contributed by atoms with van der Waals surface area (Å²) < 4.78 is 33.4. The Hall–Kier alpha value is -1.79. The standard InChI is InChI=1S/C9H10N4O5S3/c1-17-6-3-5(4-20-9(19)18-2)10-7(11-6)12-8(14)13-21(15)16/h3H,4H2,1-2H3,(H,10,11,12,14). The minimum Gasteiger partial charge on any atom is -0.482 e. The molecule has 0 saturated carbocycles. The maximum absolute atomic E-state index is 11.2. The van der Waals surface area contributed by atoms with Crippen LogP contribution in [0.1, 0.15) is 5.69 Å². The number of thioether (sulfide) groups is 1. The number of carbonyl (C=O) groups is 1. The number of methoxy groups -OCH3 is 2. The lowest BCUT2D eigenvalue weighted by Crippen LogP contribution is -2.11. The second-order valence-electron chi connectivity index (χ2n) is 3.21. The van der Waals surface area contributed by atoms with Crippen LogP contribution in [0.15, 0.2) is 10.4 Å². The van der Waals surface area contributed by atoms with Gasteiger partial charge < -0.3 is 9.47 Å². The molecule has 0 bridgehead atoms. The first-order chi connectivity index (χ1) is 9.94. The largest absolute Gasteiger partial charge is 0.482 e. The molecule has 0 radical (unpaired) electrons. The molecular weight excluding hydrogens is 340 g/mol. The first kappa shape index (κ1) is 17.3. The van der Waals surface area contributed by atoms with Crippen LogP contribution in [0.4, 0.5) is 10.7 Å². The van der Waals surface area contributed by atoms with Crippen molar-refractivity contribution in [1.82, 2.24) is 9.97 Å². The molecule has 12 heteroatoms. The van der Waals surface area contributed by atoms with Crippen LogP contribution in [0.5, 0.6) is 5.88 Å². The smallest absolute Gasteiger partial charge is 0.362 e. The van der Waals surface area contributed by atoms with Gasteiger partial charge in [-0.3, -0.25) is 5.32 Å². The summed E-state index contributed by atoms with van der Waals surface area (Å²) in [5, 5.41) is 2.12. The number of aromatic nitrogens is 2. The number of hydrogen-bond donors (Lipinski definition) is 1. The van der Waals surface area contributed by atoms with Crippen molar-refractivity contribution in [3.05, 3.63) is 11.8 Å². The lowest BCUT2D eigenvalue weighted by atomic mass is 10.4. The molecule has 9 nitrogen and oxygen atoms in total. The Bertz CT molecular complexity index is 668. The molecule has 1 N–H and O–H groups in total. The van der Waals surface area contributed by atoms with E-state index in [1.807, 2.05) is 0 Å². The van der Waals surface area contributed by atoms with Gasteiger partial charge in [-0.15, -0.1) is 0 Å². The van der Waals surface area contributed by atoms with E-state index in [0.717, 1.165) is 0 Å². The highest BCUT2D eigenvalue weighted by molar-refractivity contribution is 8.22. The normalized spacial score (nSPS) is 9.62. The average molecular weight is 350 g/mol. The molecule has 1 aromatic rings. The van der Waals surface area contributed by atoms with Crippen LogP contribution in [0, 0.1) is 0 Å². The number of rotatable bonds is 4. The zero-order valence-electron chi connectivity index (χ0n) is 10.9. The number of nitrogens with zero attached hydrogens (tertiary/aromatic N) is 3. The summed E-state index contributed by atoms with van der Waals surface area (Å²) in [5.41, 5.74) is 0.504. The zero-order valence-corrected chi connectivity index (χ0v) is 13.3. The average Bonchev–Trinajstić information content (AvgIpc) is 2.43. The van der Waals surface area contributed by atoms with Crippen LogP contribution in [-0.4, -0.2) is 43.0 Å². The molecule has 1 heterocycles. The van der Waals surface area contributed by atoms with Gasteiger partial charge in [0.05, 0.1) is 19.9 Å². The summed E-state index contributed by atoms with van der Waals surface area (Å²) in [5.74, 6) is 0.425. The van der Waals surface area contributed by atoms with Gasteiger partial charge in [-0.2, -0.15) is 13.4 Å². The summed E-state index contributed by atoms with van der Waals surface area (Å²) >= 11 is 6.09. The van der Waals surface area contributed by atoms with E-state index in [-0.39, 0.29) is 11.8 Å². The second-order valence-corrected chi connectivity index (χ2v) is 5.40. The molecule has 0 aliphatic rings. The van der Waals surface area contributed by atoms with Crippen LogP contribution >= 0.6 is 24.0 Å². The minimum atomic E-state index is -2.85. The number of anilines is 1. The first-order valence-corrected chi connectivity index (χ1v) is 7.62. The Morgan fingerprint density at radius 1 is 1.48 bits per heavy atom. The van der Waals surface area contributed by atoms with Crippen molar-refractivity contribution < 1.29 is 22.7 Å². The van der Waals surface area contributed by atoms with Crippen LogP contribution in [0.25, 0.3) is 0 Å². The SMILES string of the molecule is COC(=S)SCc1cc(OC)nc(NC(=O)N=S(=O)=O)n1. The summed E-state index contributed by atoms with van der Waals surface area (Å²) in [6, 6.07) is 0.437. The Kier molecular flexibility index (Phi) is 6.98. The highest BCUT2D eigenvalue weighted by atomic mass is 32.2. The van der Waals surface area contributed by atoms with Crippen molar-refractivity contribution in [2.45, 2.75) is 5.75 Å². The highest BCUT2D eigenvalue weighted by Crippen LogP contribution is 2.18. The lowest BCUT2D eigenvalue weighted by molar-refractivity contribution is 0.259. The predicted octanol–water partition coefficient (Wildman–Crippen LogP) is 1.24. The maximum Gasteiger partial charge on any atom is 0.362 e. The van der Waals surface area contributed by atoms with Gasteiger partial charge in [-0.05, 0) is 12.2 Å². The first-order valence-electron chi connectivity index (χ1n) is 5.19. The van der Waals surface area contributed by atoms with Gasteiger partial charge in [0.1, 0.15) is 0 Å². The Morgan fingerprint density at radius 2 is 2.19 bits per heavy atom. The lowest BCUT2D eigenvalue weighted by Gasteiger charge is -2.06. The van der Waals surface area contributed by atoms with E-state index in [9.17, 15) is 13.2 Å². The van der Waals surface area contributed by atoms with Gasteiger partial charge in [0, 0.05) is 11.8 Å². The third kappa shape index (κ3) is 6.46. The number of ether oxygens (including phenoxy) is 2. The second kappa shape index (κ2) is 8.49. The molecule has 0 unspecified atom stereocenters. The molecule has 0 aliphatic heterocycles. The van der Waals surface area contributed by atoms with Gasteiger partial charge in [-0.25, -0.2) is 9.78 Å². The van der Waals surface area contributed by atoms with Crippen molar-refractivity contribution >= 4 is 50.8 Å². The molecule has 0 atom stereocenters. The molecule has 0 spiro atoms. The van der Waals surface area contributed by atoms with Crippen molar-refractivity contribution in [2.24, 2.45) is 4.36 Å².